The van der Waals surface area contributed by atoms with Crippen LogP contribution in [0.25, 0.3) is 0 Å². The van der Waals surface area contributed by atoms with Crippen molar-refractivity contribution in [1.29, 1.82) is 0 Å². The third-order valence-electron chi connectivity index (χ3n) is 3.12. The van der Waals surface area contributed by atoms with Crippen LogP contribution in [0.5, 0.6) is 0 Å². The third kappa shape index (κ3) is 3.94. The van der Waals surface area contributed by atoms with E-state index in [1.807, 2.05) is 0 Å². The van der Waals surface area contributed by atoms with E-state index in [0.29, 0.717) is 5.56 Å². The Kier molecular flexibility index (Phi) is 5.17. The number of rotatable bonds is 6. The van der Waals surface area contributed by atoms with Crippen molar-refractivity contribution in [3.8, 4) is 0 Å². The maximum atomic E-state index is 12.2. The summed E-state index contributed by atoms with van der Waals surface area (Å²) in [5.41, 5.74) is 7.25. The van der Waals surface area contributed by atoms with Crippen LogP contribution < -0.4 is 10.5 Å². The predicted octanol–water partition coefficient (Wildman–Crippen LogP) is 0.599. The zero-order chi connectivity index (χ0) is 15.6. The number of hydrogen-bond donors (Lipinski definition) is 2. The zero-order valence-corrected chi connectivity index (χ0v) is 13.4. The van der Waals surface area contributed by atoms with E-state index in [4.69, 9.17) is 5.73 Å². The van der Waals surface area contributed by atoms with Gasteiger partial charge >= 0.3 is 0 Å². The number of nitrogens with two attached hydrogens (primary N) is 1. The van der Waals surface area contributed by atoms with Crippen molar-refractivity contribution in [2.24, 2.45) is 0 Å². The van der Waals surface area contributed by atoms with Crippen LogP contribution in [0.2, 0.25) is 0 Å². The molecule has 0 atom stereocenters. The second kappa shape index (κ2) is 6.11. The van der Waals surface area contributed by atoms with Gasteiger partial charge in [0.15, 0.2) is 9.84 Å². The summed E-state index contributed by atoms with van der Waals surface area (Å²) in [7, 11) is -7.02. The summed E-state index contributed by atoms with van der Waals surface area (Å²) in [6.45, 7) is 4.82. The molecule has 1 aromatic rings. The fraction of sp³-hybridized carbons (Fsp3) is 0.500. The summed E-state index contributed by atoms with van der Waals surface area (Å²) in [4.78, 5) is 0.0198. The van der Waals surface area contributed by atoms with E-state index < -0.39 is 19.9 Å². The lowest BCUT2D eigenvalue weighted by Crippen LogP contribution is -2.30. The summed E-state index contributed by atoms with van der Waals surface area (Å²) in [6.07, 6.45) is 0. The van der Waals surface area contributed by atoms with Crippen molar-refractivity contribution in [2.45, 2.75) is 25.7 Å². The Morgan fingerprint density at radius 1 is 1.15 bits per heavy atom. The molecular formula is C12H20N2O4S2. The maximum absolute atomic E-state index is 12.2. The van der Waals surface area contributed by atoms with E-state index in [-0.39, 0.29) is 28.6 Å². The third-order valence-corrected chi connectivity index (χ3v) is 6.49. The van der Waals surface area contributed by atoms with Crippen LogP contribution in [0.3, 0.4) is 0 Å². The Morgan fingerprint density at radius 2 is 1.75 bits per heavy atom. The van der Waals surface area contributed by atoms with Gasteiger partial charge in [-0.15, -0.1) is 0 Å². The minimum absolute atomic E-state index is 0.0136. The Morgan fingerprint density at radius 3 is 2.30 bits per heavy atom. The Balaban J connectivity index is 2.99. The summed E-state index contributed by atoms with van der Waals surface area (Å²) in [5.74, 6) is -0.242. The van der Waals surface area contributed by atoms with Gasteiger partial charge in [-0.3, -0.25) is 0 Å². The minimum atomic E-state index is -3.81. The molecular weight excluding hydrogens is 300 g/mol. The topological polar surface area (TPSA) is 106 Å². The molecule has 6 nitrogen and oxygen atoms in total. The highest BCUT2D eigenvalue weighted by molar-refractivity contribution is 7.91. The van der Waals surface area contributed by atoms with E-state index in [1.54, 1.807) is 19.9 Å². The second-order valence-corrected chi connectivity index (χ2v) is 8.74. The molecule has 0 amide bonds. The molecule has 0 heterocycles. The van der Waals surface area contributed by atoms with Crippen molar-refractivity contribution in [1.82, 2.24) is 4.72 Å². The van der Waals surface area contributed by atoms with Crippen molar-refractivity contribution >= 4 is 25.5 Å². The van der Waals surface area contributed by atoms with Crippen LogP contribution in [-0.4, -0.2) is 34.9 Å². The van der Waals surface area contributed by atoms with Gasteiger partial charge in [0.05, 0.1) is 11.4 Å². The van der Waals surface area contributed by atoms with Crippen LogP contribution in [0, 0.1) is 13.8 Å². The molecule has 0 fully saturated rings. The van der Waals surface area contributed by atoms with Gasteiger partial charge in [0.2, 0.25) is 10.0 Å². The quantitative estimate of drug-likeness (QED) is 0.747. The molecule has 0 unspecified atom stereocenters. The normalized spacial score (nSPS) is 12.6. The van der Waals surface area contributed by atoms with Crippen LogP contribution in [0.4, 0.5) is 5.69 Å². The van der Waals surface area contributed by atoms with Gasteiger partial charge in [0.25, 0.3) is 0 Å². The molecule has 0 aliphatic rings. The molecule has 0 spiro atoms. The first-order valence-electron chi connectivity index (χ1n) is 6.16. The molecule has 0 saturated heterocycles. The van der Waals surface area contributed by atoms with Gasteiger partial charge in [-0.1, -0.05) is 13.0 Å². The van der Waals surface area contributed by atoms with Gasteiger partial charge < -0.3 is 5.73 Å². The van der Waals surface area contributed by atoms with E-state index in [2.05, 4.69) is 4.72 Å². The molecule has 114 valence electrons. The van der Waals surface area contributed by atoms with Crippen LogP contribution in [0.15, 0.2) is 17.0 Å². The number of nitrogens with one attached hydrogen (secondary N) is 1. The fourth-order valence-corrected chi connectivity index (χ4v) is 4.00. The first-order chi connectivity index (χ1) is 9.10. The number of anilines is 1. The molecule has 0 bridgehead atoms. The van der Waals surface area contributed by atoms with E-state index in [1.165, 1.54) is 13.0 Å². The Hall–Kier alpha value is -1.12. The van der Waals surface area contributed by atoms with Crippen molar-refractivity contribution in [2.75, 3.05) is 23.8 Å². The second-order valence-electron chi connectivity index (χ2n) is 4.56. The molecule has 8 heteroatoms. The zero-order valence-electron chi connectivity index (χ0n) is 11.8. The van der Waals surface area contributed by atoms with Crippen molar-refractivity contribution in [3.05, 3.63) is 23.3 Å². The fourth-order valence-electron chi connectivity index (χ4n) is 1.72. The summed E-state index contributed by atoms with van der Waals surface area (Å²) < 4.78 is 49.4. The first-order valence-corrected chi connectivity index (χ1v) is 9.47. The van der Waals surface area contributed by atoms with Gasteiger partial charge in [0.1, 0.15) is 4.90 Å². The van der Waals surface area contributed by atoms with Crippen molar-refractivity contribution in [3.63, 3.8) is 0 Å². The molecule has 0 radical (unpaired) electrons. The highest BCUT2D eigenvalue weighted by atomic mass is 32.2. The molecule has 1 aromatic carbocycles. The molecule has 0 aromatic heterocycles. The number of benzene rings is 1. The highest BCUT2D eigenvalue weighted by Crippen LogP contribution is 2.24. The Bertz CT molecular complexity index is 694. The molecule has 3 N–H and O–H groups in total. The number of sulfone groups is 1. The van der Waals surface area contributed by atoms with E-state index in [9.17, 15) is 16.8 Å². The molecule has 20 heavy (non-hydrogen) atoms. The Labute approximate surface area is 120 Å². The first kappa shape index (κ1) is 16.9. The largest absolute Gasteiger partial charge is 0.398 e. The summed E-state index contributed by atoms with van der Waals surface area (Å²) >= 11 is 0. The summed E-state index contributed by atoms with van der Waals surface area (Å²) in [5, 5.41) is 0. The number of nitrogen functional groups attached to an aromatic ring is 1. The molecule has 1 rings (SSSR count). The SMILES string of the molecule is CCS(=O)(=O)CCNS(=O)(=O)c1c(N)ccc(C)c1C. The lowest BCUT2D eigenvalue weighted by Gasteiger charge is -2.13. The highest BCUT2D eigenvalue weighted by Gasteiger charge is 2.21. The average molecular weight is 320 g/mol. The molecule has 0 aliphatic carbocycles. The maximum Gasteiger partial charge on any atom is 0.242 e. The lowest BCUT2D eigenvalue weighted by atomic mass is 10.1. The van der Waals surface area contributed by atoms with Gasteiger partial charge in [0, 0.05) is 12.3 Å². The van der Waals surface area contributed by atoms with Gasteiger partial charge in [-0.25, -0.2) is 21.6 Å². The van der Waals surface area contributed by atoms with Crippen LogP contribution >= 0.6 is 0 Å². The van der Waals surface area contributed by atoms with Gasteiger partial charge in [-0.2, -0.15) is 0 Å². The number of aryl methyl sites for hydroxylation is 1. The molecule has 0 saturated carbocycles. The van der Waals surface area contributed by atoms with Crippen LogP contribution in [0.1, 0.15) is 18.1 Å². The summed E-state index contributed by atoms with van der Waals surface area (Å²) in [6, 6.07) is 3.27. The van der Waals surface area contributed by atoms with Crippen molar-refractivity contribution < 1.29 is 16.8 Å². The standard InChI is InChI=1S/C12H20N2O4S2/c1-4-19(15,16)8-7-14-20(17,18)12-10(3)9(2)5-6-11(12)13/h5-6,14H,4,7-8,13H2,1-3H3. The van der Waals surface area contributed by atoms with Gasteiger partial charge in [-0.05, 0) is 31.0 Å². The monoisotopic (exact) mass is 320 g/mol. The minimum Gasteiger partial charge on any atom is -0.398 e. The number of sulfonamides is 1. The smallest absolute Gasteiger partial charge is 0.242 e. The van der Waals surface area contributed by atoms with E-state index >= 15 is 0 Å². The van der Waals surface area contributed by atoms with E-state index in [0.717, 1.165) is 5.56 Å². The van der Waals surface area contributed by atoms with Crippen LogP contribution in [-0.2, 0) is 19.9 Å². The molecule has 0 aliphatic heterocycles. The average Bonchev–Trinajstić information content (AvgIpc) is 2.33. The lowest BCUT2D eigenvalue weighted by molar-refractivity contribution is 0.581. The predicted molar refractivity (Wildman–Crippen MR) is 79.8 cm³/mol. The number of hydrogen-bond acceptors (Lipinski definition) is 5.